The number of unbranched alkanes of at least 4 members (excludes halogenated alkanes) is 2. The Kier molecular flexibility index (Phi) is 6.67. The van der Waals surface area contributed by atoms with Crippen LogP contribution in [-0.2, 0) is 0 Å². The lowest BCUT2D eigenvalue weighted by atomic mass is 10.0. The number of nitrogens with one attached hydrogen (secondary N) is 1. The third-order valence-electron chi connectivity index (χ3n) is 2.90. The van der Waals surface area contributed by atoms with Crippen LogP contribution >= 0.6 is 0 Å². The van der Waals surface area contributed by atoms with Crippen LogP contribution in [0.25, 0.3) is 0 Å². The van der Waals surface area contributed by atoms with Gasteiger partial charge < -0.3 is 15.5 Å². The highest BCUT2D eigenvalue weighted by Gasteiger charge is 2.17. The Labute approximate surface area is 103 Å². The van der Waals surface area contributed by atoms with E-state index in [1.54, 1.807) is 0 Å². The molecule has 0 saturated heterocycles. The van der Waals surface area contributed by atoms with Crippen LogP contribution in [0.2, 0.25) is 0 Å². The van der Waals surface area contributed by atoms with Gasteiger partial charge in [0.2, 0.25) is 0 Å². The van der Waals surface area contributed by atoms with Crippen molar-refractivity contribution in [2.75, 3.05) is 11.9 Å². The van der Waals surface area contributed by atoms with Gasteiger partial charge in [0.1, 0.15) is 0 Å². The quantitative estimate of drug-likeness (QED) is 0.609. The summed E-state index contributed by atoms with van der Waals surface area (Å²) in [6.07, 6.45) is 3.56. The highest BCUT2D eigenvalue weighted by Crippen LogP contribution is 2.14. The van der Waals surface area contributed by atoms with Crippen molar-refractivity contribution in [1.29, 1.82) is 0 Å². The van der Waals surface area contributed by atoms with Crippen LogP contribution in [0.3, 0.4) is 0 Å². The fraction of sp³-hybridized carbons (Fsp3) is 0.571. The molecule has 0 fully saturated rings. The number of aliphatic hydroxyl groups is 2. The zero-order valence-electron chi connectivity index (χ0n) is 10.5. The summed E-state index contributed by atoms with van der Waals surface area (Å²) in [5.74, 6) is 0. The van der Waals surface area contributed by atoms with Crippen molar-refractivity contribution in [2.45, 2.75) is 44.8 Å². The Morgan fingerprint density at radius 3 is 2.47 bits per heavy atom. The van der Waals surface area contributed by atoms with E-state index in [-0.39, 0.29) is 12.6 Å². The zero-order chi connectivity index (χ0) is 12.5. The van der Waals surface area contributed by atoms with Gasteiger partial charge in [-0.1, -0.05) is 44.4 Å². The predicted octanol–water partition coefficient (Wildman–Crippen LogP) is 2.40. The number of hydrogen-bond donors (Lipinski definition) is 3. The third kappa shape index (κ3) is 5.20. The highest BCUT2D eigenvalue weighted by molar-refractivity contribution is 5.43. The summed E-state index contributed by atoms with van der Waals surface area (Å²) in [5, 5.41) is 22.1. The van der Waals surface area contributed by atoms with Crippen LogP contribution in [0, 0.1) is 0 Å². The summed E-state index contributed by atoms with van der Waals surface area (Å²) in [4.78, 5) is 0. The molecule has 0 amide bonds. The standard InChI is InChI=1S/C14H23NO2/c1-2-3-5-10-13(14(17)11-16)15-12-8-6-4-7-9-12/h4,6-9,13-17H,2-3,5,10-11H2,1H3. The monoisotopic (exact) mass is 237 g/mol. The van der Waals surface area contributed by atoms with E-state index in [0.29, 0.717) is 0 Å². The molecule has 0 aliphatic carbocycles. The lowest BCUT2D eigenvalue weighted by Gasteiger charge is -2.23. The molecule has 2 unspecified atom stereocenters. The summed E-state index contributed by atoms with van der Waals surface area (Å²) >= 11 is 0. The van der Waals surface area contributed by atoms with E-state index in [1.165, 1.54) is 0 Å². The molecule has 0 heterocycles. The molecule has 0 saturated carbocycles. The smallest absolute Gasteiger partial charge is 0.0971 e. The third-order valence-corrected chi connectivity index (χ3v) is 2.90. The minimum absolute atomic E-state index is 0.0750. The first kappa shape index (κ1) is 14.0. The maximum Gasteiger partial charge on any atom is 0.0971 e. The number of para-hydroxylation sites is 1. The van der Waals surface area contributed by atoms with Crippen LogP contribution in [0.4, 0.5) is 5.69 Å². The second kappa shape index (κ2) is 8.09. The van der Waals surface area contributed by atoms with Crippen molar-refractivity contribution in [1.82, 2.24) is 0 Å². The van der Waals surface area contributed by atoms with Crippen molar-refractivity contribution in [3.8, 4) is 0 Å². The van der Waals surface area contributed by atoms with Crippen LogP contribution < -0.4 is 5.32 Å². The Morgan fingerprint density at radius 1 is 1.18 bits per heavy atom. The average molecular weight is 237 g/mol. The van der Waals surface area contributed by atoms with Gasteiger partial charge in [0.25, 0.3) is 0 Å². The molecule has 0 aromatic heterocycles. The van der Waals surface area contributed by atoms with Gasteiger partial charge >= 0.3 is 0 Å². The molecule has 96 valence electrons. The average Bonchev–Trinajstić information content (AvgIpc) is 2.38. The summed E-state index contributed by atoms with van der Waals surface area (Å²) < 4.78 is 0. The largest absolute Gasteiger partial charge is 0.394 e. The van der Waals surface area contributed by atoms with Crippen molar-refractivity contribution in [3.63, 3.8) is 0 Å². The number of aliphatic hydroxyl groups excluding tert-OH is 2. The highest BCUT2D eigenvalue weighted by atomic mass is 16.3. The van der Waals surface area contributed by atoms with Gasteiger partial charge in [-0.25, -0.2) is 0 Å². The van der Waals surface area contributed by atoms with Crippen molar-refractivity contribution >= 4 is 5.69 Å². The maximum absolute atomic E-state index is 9.77. The SMILES string of the molecule is CCCCCC(Nc1ccccc1)C(O)CO. The summed E-state index contributed by atoms with van der Waals surface area (Å²) in [7, 11) is 0. The zero-order valence-corrected chi connectivity index (χ0v) is 10.5. The Balaban J connectivity index is 2.51. The molecule has 1 rings (SSSR count). The lowest BCUT2D eigenvalue weighted by molar-refractivity contribution is 0.0766. The van der Waals surface area contributed by atoms with Crippen molar-refractivity contribution in [3.05, 3.63) is 30.3 Å². The normalized spacial score (nSPS) is 14.3. The number of benzene rings is 1. The summed E-state index contributed by atoms with van der Waals surface area (Å²) in [6.45, 7) is 1.96. The first-order valence-corrected chi connectivity index (χ1v) is 6.38. The van der Waals surface area contributed by atoms with E-state index in [9.17, 15) is 5.11 Å². The predicted molar refractivity (Wildman–Crippen MR) is 71.1 cm³/mol. The summed E-state index contributed by atoms with van der Waals surface area (Å²) in [5.41, 5.74) is 0.987. The second-order valence-corrected chi connectivity index (χ2v) is 4.36. The first-order chi connectivity index (χ1) is 8.27. The number of hydrogen-bond acceptors (Lipinski definition) is 3. The summed E-state index contributed by atoms with van der Waals surface area (Å²) in [6, 6.07) is 9.73. The van der Waals surface area contributed by atoms with E-state index in [4.69, 9.17) is 5.11 Å². The van der Waals surface area contributed by atoms with Gasteiger partial charge in [-0.05, 0) is 18.6 Å². The molecule has 0 spiro atoms. The molecule has 3 heteroatoms. The molecule has 3 nitrogen and oxygen atoms in total. The molecule has 1 aromatic carbocycles. The molecule has 2 atom stereocenters. The van der Waals surface area contributed by atoms with Crippen LogP contribution in [-0.4, -0.2) is 29.0 Å². The number of rotatable bonds is 8. The van der Waals surface area contributed by atoms with E-state index in [2.05, 4.69) is 12.2 Å². The maximum atomic E-state index is 9.77. The molecular formula is C14H23NO2. The molecule has 1 aromatic rings. The molecule has 0 radical (unpaired) electrons. The Morgan fingerprint density at radius 2 is 1.88 bits per heavy atom. The second-order valence-electron chi connectivity index (χ2n) is 4.36. The van der Waals surface area contributed by atoms with Crippen molar-refractivity contribution in [2.24, 2.45) is 0 Å². The first-order valence-electron chi connectivity index (χ1n) is 6.38. The van der Waals surface area contributed by atoms with Gasteiger partial charge in [0.15, 0.2) is 0 Å². The fourth-order valence-electron chi connectivity index (χ4n) is 1.85. The van der Waals surface area contributed by atoms with E-state index in [1.807, 2.05) is 30.3 Å². The van der Waals surface area contributed by atoms with Gasteiger partial charge in [-0.2, -0.15) is 0 Å². The molecule has 0 aliphatic rings. The van der Waals surface area contributed by atoms with Crippen LogP contribution in [0.1, 0.15) is 32.6 Å². The molecule has 3 N–H and O–H groups in total. The molecule has 17 heavy (non-hydrogen) atoms. The Bertz CT molecular complexity index is 290. The van der Waals surface area contributed by atoms with E-state index >= 15 is 0 Å². The lowest BCUT2D eigenvalue weighted by Crippen LogP contribution is -2.36. The molecule has 0 aliphatic heterocycles. The fourth-order valence-corrected chi connectivity index (χ4v) is 1.85. The van der Waals surface area contributed by atoms with Gasteiger partial charge in [-0.15, -0.1) is 0 Å². The minimum atomic E-state index is -0.702. The topological polar surface area (TPSA) is 52.5 Å². The van der Waals surface area contributed by atoms with Crippen molar-refractivity contribution < 1.29 is 10.2 Å². The minimum Gasteiger partial charge on any atom is -0.394 e. The Hall–Kier alpha value is -1.06. The van der Waals surface area contributed by atoms with Gasteiger partial charge in [0, 0.05) is 5.69 Å². The van der Waals surface area contributed by atoms with E-state index < -0.39 is 6.10 Å². The van der Waals surface area contributed by atoms with Gasteiger partial charge in [-0.3, -0.25) is 0 Å². The molecular weight excluding hydrogens is 214 g/mol. The van der Waals surface area contributed by atoms with Crippen LogP contribution in [0.15, 0.2) is 30.3 Å². The molecule has 0 bridgehead atoms. The number of anilines is 1. The van der Waals surface area contributed by atoms with E-state index in [0.717, 1.165) is 31.4 Å². The van der Waals surface area contributed by atoms with Gasteiger partial charge in [0.05, 0.1) is 18.8 Å². The van der Waals surface area contributed by atoms with Crippen LogP contribution in [0.5, 0.6) is 0 Å².